The molecule has 3 aromatic rings. The second kappa shape index (κ2) is 7.68. The van der Waals surface area contributed by atoms with E-state index in [-0.39, 0.29) is 5.91 Å². The van der Waals surface area contributed by atoms with E-state index in [2.05, 4.69) is 15.6 Å². The molecular formula is C19H16ClN3O2. The van der Waals surface area contributed by atoms with Gasteiger partial charge in [-0.2, -0.15) is 0 Å². The Kier molecular flexibility index (Phi) is 5.16. The SMILES string of the molecule is COc1cccc(NC(=O)c2cc(Nc3ccccc3Cl)ccn2)c1. The monoisotopic (exact) mass is 353 g/mol. The number of methoxy groups -OCH3 is 1. The van der Waals surface area contributed by atoms with Gasteiger partial charge >= 0.3 is 0 Å². The molecule has 1 amide bonds. The first-order chi connectivity index (χ1) is 12.2. The van der Waals surface area contributed by atoms with Gasteiger partial charge in [0.25, 0.3) is 5.91 Å². The van der Waals surface area contributed by atoms with Crippen molar-refractivity contribution in [2.75, 3.05) is 17.7 Å². The molecule has 0 radical (unpaired) electrons. The van der Waals surface area contributed by atoms with Crippen molar-refractivity contribution in [1.29, 1.82) is 0 Å². The van der Waals surface area contributed by atoms with Crippen LogP contribution in [0, 0.1) is 0 Å². The average molecular weight is 354 g/mol. The normalized spacial score (nSPS) is 10.2. The van der Waals surface area contributed by atoms with Gasteiger partial charge in [-0.25, -0.2) is 0 Å². The Labute approximate surface area is 150 Å². The molecule has 0 aliphatic heterocycles. The number of ether oxygens (including phenoxy) is 1. The standard InChI is InChI=1S/C19H16ClN3O2/c1-25-15-6-4-5-13(11-15)23-19(24)18-12-14(9-10-21-18)22-17-8-3-2-7-16(17)20/h2-12H,1H3,(H,21,22)(H,23,24). The van der Waals surface area contributed by atoms with Crippen LogP contribution in [0.1, 0.15) is 10.5 Å². The molecular weight excluding hydrogens is 338 g/mol. The molecule has 0 spiro atoms. The average Bonchev–Trinajstić information content (AvgIpc) is 2.64. The molecule has 126 valence electrons. The van der Waals surface area contributed by atoms with Crippen LogP contribution >= 0.6 is 11.6 Å². The number of benzene rings is 2. The first kappa shape index (κ1) is 16.8. The summed E-state index contributed by atoms with van der Waals surface area (Å²) >= 11 is 6.14. The number of hydrogen-bond acceptors (Lipinski definition) is 4. The van der Waals surface area contributed by atoms with E-state index in [1.54, 1.807) is 49.7 Å². The molecule has 3 rings (SSSR count). The van der Waals surface area contributed by atoms with Gasteiger partial charge in [0, 0.05) is 23.6 Å². The number of rotatable bonds is 5. The highest BCUT2D eigenvalue weighted by Crippen LogP contribution is 2.25. The van der Waals surface area contributed by atoms with Gasteiger partial charge in [0.1, 0.15) is 11.4 Å². The second-order valence-electron chi connectivity index (χ2n) is 5.22. The number of nitrogens with one attached hydrogen (secondary N) is 2. The number of amides is 1. The molecule has 0 aliphatic carbocycles. The molecule has 1 heterocycles. The van der Waals surface area contributed by atoms with Gasteiger partial charge in [-0.05, 0) is 36.4 Å². The minimum absolute atomic E-state index is 0.292. The molecule has 25 heavy (non-hydrogen) atoms. The number of para-hydroxylation sites is 1. The van der Waals surface area contributed by atoms with E-state index in [0.717, 1.165) is 11.4 Å². The van der Waals surface area contributed by atoms with Crippen LogP contribution in [-0.2, 0) is 0 Å². The van der Waals surface area contributed by atoms with E-state index >= 15 is 0 Å². The maximum absolute atomic E-state index is 12.4. The van der Waals surface area contributed by atoms with Gasteiger partial charge in [-0.3, -0.25) is 9.78 Å². The Balaban J connectivity index is 1.76. The molecule has 1 aromatic heterocycles. The van der Waals surface area contributed by atoms with Crippen LogP contribution in [0.4, 0.5) is 17.1 Å². The molecule has 0 atom stereocenters. The van der Waals surface area contributed by atoms with Gasteiger partial charge in [0.15, 0.2) is 0 Å². The zero-order valence-electron chi connectivity index (χ0n) is 13.5. The quantitative estimate of drug-likeness (QED) is 0.695. The summed E-state index contributed by atoms with van der Waals surface area (Å²) in [6.45, 7) is 0. The number of aromatic nitrogens is 1. The fraction of sp³-hybridized carbons (Fsp3) is 0.0526. The molecule has 6 heteroatoms. The number of anilines is 3. The molecule has 0 saturated carbocycles. The van der Waals surface area contributed by atoms with E-state index < -0.39 is 0 Å². The summed E-state index contributed by atoms with van der Waals surface area (Å²) in [7, 11) is 1.58. The molecule has 0 aliphatic rings. The maximum atomic E-state index is 12.4. The third-order valence-electron chi connectivity index (χ3n) is 3.47. The summed E-state index contributed by atoms with van der Waals surface area (Å²) in [5.41, 5.74) is 2.41. The number of halogens is 1. The molecule has 0 fully saturated rings. The van der Waals surface area contributed by atoms with E-state index in [1.807, 2.05) is 24.3 Å². The summed E-state index contributed by atoms with van der Waals surface area (Å²) in [5.74, 6) is 0.357. The Morgan fingerprint density at radius 3 is 2.68 bits per heavy atom. The summed E-state index contributed by atoms with van der Waals surface area (Å²) < 4.78 is 5.15. The van der Waals surface area contributed by atoms with Crippen LogP contribution in [0.15, 0.2) is 66.9 Å². The Morgan fingerprint density at radius 1 is 1.04 bits per heavy atom. The highest BCUT2D eigenvalue weighted by atomic mass is 35.5. The molecule has 2 N–H and O–H groups in total. The van der Waals surface area contributed by atoms with Crippen LogP contribution in [0.3, 0.4) is 0 Å². The second-order valence-corrected chi connectivity index (χ2v) is 5.63. The molecule has 0 saturated heterocycles. The van der Waals surface area contributed by atoms with E-state index in [9.17, 15) is 4.79 Å². The van der Waals surface area contributed by atoms with Crippen molar-refractivity contribution in [1.82, 2.24) is 4.98 Å². The highest BCUT2D eigenvalue weighted by molar-refractivity contribution is 6.33. The van der Waals surface area contributed by atoms with Gasteiger partial charge in [-0.1, -0.05) is 29.8 Å². The van der Waals surface area contributed by atoms with E-state index in [4.69, 9.17) is 16.3 Å². The lowest BCUT2D eigenvalue weighted by Crippen LogP contribution is -2.13. The lowest BCUT2D eigenvalue weighted by Gasteiger charge is -2.10. The van der Waals surface area contributed by atoms with E-state index in [1.165, 1.54) is 0 Å². The lowest BCUT2D eigenvalue weighted by atomic mass is 10.2. The number of carbonyl (C=O) groups excluding carboxylic acids is 1. The van der Waals surface area contributed by atoms with Crippen LogP contribution in [0.25, 0.3) is 0 Å². The summed E-state index contributed by atoms with van der Waals surface area (Å²) in [5, 5.41) is 6.58. The third-order valence-corrected chi connectivity index (χ3v) is 3.80. The lowest BCUT2D eigenvalue weighted by molar-refractivity contribution is 0.102. The summed E-state index contributed by atoms with van der Waals surface area (Å²) in [6, 6.07) is 18.0. The number of pyridine rings is 1. The minimum Gasteiger partial charge on any atom is -0.497 e. The predicted molar refractivity (Wildman–Crippen MR) is 99.9 cm³/mol. The molecule has 0 unspecified atom stereocenters. The van der Waals surface area contributed by atoms with Gasteiger partial charge in [0.05, 0.1) is 17.8 Å². The fourth-order valence-electron chi connectivity index (χ4n) is 2.25. The zero-order valence-corrected chi connectivity index (χ0v) is 14.2. The van der Waals surface area contributed by atoms with Gasteiger partial charge in [-0.15, -0.1) is 0 Å². The minimum atomic E-state index is -0.309. The van der Waals surface area contributed by atoms with Crippen molar-refractivity contribution >= 4 is 34.6 Å². The van der Waals surface area contributed by atoms with Crippen molar-refractivity contribution < 1.29 is 9.53 Å². The smallest absolute Gasteiger partial charge is 0.274 e. The molecule has 2 aromatic carbocycles. The van der Waals surface area contributed by atoms with Crippen molar-refractivity contribution in [2.45, 2.75) is 0 Å². The maximum Gasteiger partial charge on any atom is 0.274 e. The Hall–Kier alpha value is -3.05. The van der Waals surface area contributed by atoms with Crippen molar-refractivity contribution in [3.05, 3.63) is 77.6 Å². The third kappa shape index (κ3) is 4.28. The van der Waals surface area contributed by atoms with E-state index in [0.29, 0.717) is 22.2 Å². The molecule has 5 nitrogen and oxygen atoms in total. The zero-order chi connectivity index (χ0) is 17.6. The van der Waals surface area contributed by atoms with Crippen molar-refractivity contribution in [3.8, 4) is 5.75 Å². The highest BCUT2D eigenvalue weighted by Gasteiger charge is 2.10. The molecule has 0 bridgehead atoms. The van der Waals surface area contributed by atoms with Crippen molar-refractivity contribution in [3.63, 3.8) is 0 Å². The Bertz CT molecular complexity index is 899. The number of hydrogen-bond donors (Lipinski definition) is 2. The first-order valence-corrected chi connectivity index (χ1v) is 7.96. The topological polar surface area (TPSA) is 63.2 Å². The van der Waals surface area contributed by atoms with Crippen LogP contribution in [0.2, 0.25) is 5.02 Å². The van der Waals surface area contributed by atoms with Crippen LogP contribution in [-0.4, -0.2) is 18.0 Å². The largest absolute Gasteiger partial charge is 0.497 e. The summed E-state index contributed by atoms with van der Waals surface area (Å²) in [6.07, 6.45) is 1.57. The number of nitrogens with zero attached hydrogens (tertiary/aromatic N) is 1. The number of carbonyl (C=O) groups is 1. The van der Waals surface area contributed by atoms with Crippen LogP contribution in [0.5, 0.6) is 5.75 Å². The van der Waals surface area contributed by atoms with Crippen LogP contribution < -0.4 is 15.4 Å². The summed E-state index contributed by atoms with van der Waals surface area (Å²) in [4.78, 5) is 16.5. The van der Waals surface area contributed by atoms with Gasteiger partial charge < -0.3 is 15.4 Å². The first-order valence-electron chi connectivity index (χ1n) is 7.59. The Morgan fingerprint density at radius 2 is 1.88 bits per heavy atom. The van der Waals surface area contributed by atoms with Crippen molar-refractivity contribution in [2.24, 2.45) is 0 Å². The van der Waals surface area contributed by atoms with Gasteiger partial charge in [0.2, 0.25) is 0 Å². The fourth-order valence-corrected chi connectivity index (χ4v) is 2.43. The predicted octanol–water partition coefficient (Wildman–Crippen LogP) is 4.74.